The van der Waals surface area contributed by atoms with Crippen molar-refractivity contribution in [3.63, 3.8) is 0 Å². The lowest BCUT2D eigenvalue weighted by atomic mass is 10.00. The summed E-state index contributed by atoms with van der Waals surface area (Å²) in [7, 11) is 0. The van der Waals surface area contributed by atoms with Gasteiger partial charge in [-0.1, -0.05) is 54.1 Å². The SMILES string of the molecule is Cc1ccc(Oc2nc3cc(Cl)c(-c4ccc(-c5cccc(F)c5)cc4)cc3[nH]2)cc1C(=O)O. The Balaban J connectivity index is 1.45. The van der Waals surface area contributed by atoms with Crippen molar-refractivity contribution >= 4 is 28.6 Å². The summed E-state index contributed by atoms with van der Waals surface area (Å²) in [5, 5.41) is 9.84. The molecular weight excluding hydrogens is 455 g/mol. The van der Waals surface area contributed by atoms with Gasteiger partial charge in [0.15, 0.2) is 0 Å². The number of aryl methyl sites for hydroxylation is 1. The molecule has 7 heteroatoms. The molecule has 168 valence electrons. The number of H-pyrrole nitrogens is 1. The number of aromatic amines is 1. The smallest absolute Gasteiger partial charge is 0.336 e. The van der Waals surface area contributed by atoms with E-state index in [1.165, 1.54) is 18.2 Å². The molecule has 1 aromatic heterocycles. The average Bonchev–Trinajstić information content (AvgIpc) is 3.20. The lowest BCUT2D eigenvalue weighted by molar-refractivity contribution is 0.0695. The molecule has 0 radical (unpaired) electrons. The number of fused-ring (bicyclic) bond motifs is 1. The molecule has 0 saturated carbocycles. The number of nitrogens with zero attached hydrogens (tertiary/aromatic N) is 1. The van der Waals surface area contributed by atoms with Gasteiger partial charge in [-0.15, -0.1) is 0 Å². The second kappa shape index (κ2) is 8.65. The number of ether oxygens (including phenoxy) is 1. The number of halogens is 2. The summed E-state index contributed by atoms with van der Waals surface area (Å²) in [6.07, 6.45) is 0. The number of rotatable bonds is 5. The molecule has 1 heterocycles. The molecule has 0 spiro atoms. The van der Waals surface area contributed by atoms with E-state index in [4.69, 9.17) is 16.3 Å². The second-order valence-electron chi connectivity index (χ2n) is 7.86. The molecule has 0 aliphatic carbocycles. The molecule has 0 bridgehead atoms. The zero-order chi connectivity index (χ0) is 23.8. The molecule has 0 aliphatic heterocycles. The first-order chi connectivity index (χ1) is 16.4. The Hall–Kier alpha value is -4.16. The molecule has 0 aliphatic rings. The Morgan fingerprint density at radius 2 is 1.74 bits per heavy atom. The van der Waals surface area contributed by atoms with Crippen LogP contribution < -0.4 is 4.74 Å². The Morgan fingerprint density at radius 1 is 0.971 bits per heavy atom. The van der Waals surface area contributed by atoms with Gasteiger partial charge in [0, 0.05) is 5.56 Å². The van der Waals surface area contributed by atoms with Crippen LogP contribution in [0, 0.1) is 12.7 Å². The highest BCUT2D eigenvalue weighted by Gasteiger charge is 2.13. The van der Waals surface area contributed by atoms with Crippen LogP contribution in [0.2, 0.25) is 5.02 Å². The van der Waals surface area contributed by atoms with Crippen LogP contribution in [0.25, 0.3) is 33.3 Å². The van der Waals surface area contributed by atoms with Crippen LogP contribution in [0.4, 0.5) is 4.39 Å². The molecule has 5 nitrogen and oxygen atoms in total. The molecule has 5 aromatic rings. The van der Waals surface area contributed by atoms with Crippen molar-refractivity contribution in [2.75, 3.05) is 0 Å². The van der Waals surface area contributed by atoms with Gasteiger partial charge < -0.3 is 14.8 Å². The fourth-order valence-corrected chi connectivity index (χ4v) is 4.06. The molecule has 0 atom stereocenters. The molecule has 4 aromatic carbocycles. The molecule has 0 unspecified atom stereocenters. The standard InChI is InChI=1S/C27H18ClFN2O3/c1-15-5-10-20(12-21(15)26(32)33)34-27-30-24-13-22(23(28)14-25(24)31-27)17-8-6-16(7-9-17)18-3-2-4-19(29)11-18/h2-14H,1H3,(H,30,31)(H,32,33). The van der Waals surface area contributed by atoms with Crippen LogP contribution >= 0.6 is 11.6 Å². The topological polar surface area (TPSA) is 75.2 Å². The van der Waals surface area contributed by atoms with E-state index in [0.717, 1.165) is 22.3 Å². The highest BCUT2D eigenvalue weighted by Crippen LogP contribution is 2.34. The summed E-state index contributed by atoms with van der Waals surface area (Å²) in [5.74, 6) is -0.939. The van der Waals surface area contributed by atoms with Crippen molar-refractivity contribution in [2.45, 2.75) is 6.92 Å². The molecule has 0 amide bonds. The molecule has 5 rings (SSSR count). The zero-order valence-corrected chi connectivity index (χ0v) is 18.7. The number of carboxylic acid groups (broad SMARTS) is 1. The first-order valence-electron chi connectivity index (χ1n) is 10.4. The number of carboxylic acids is 1. The summed E-state index contributed by atoms with van der Waals surface area (Å²) >= 11 is 6.55. The molecule has 34 heavy (non-hydrogen) atoms. The summed E-state index contributed by atoms with van der Waals surface area (Å²) in [6.45, 7) is 1.72. The maximum atomic E-state index is 13.5. The van der Waals surface area contributed by atoms with Gasteiger partial charge in [0.2, 0.25) is 0 Å². The Kier molecular flexibility index (Phi) is 5.51. The van der Waals surface area contributed by atoms with Gasteiger partial charge in [-0.25, -0.2) is 9.18 Å². The van der Waals surface area contributed by atoms with Crippen LogP contribution in [0.3, 0.4) is 0 Å². The predicted octanol–water partition coefficient (Wildman–Crippen LogP) is 7.49. The highest BCUT2D eigenvalue weighted by molar-refractivity contribution is 6.34. The molecule has 2 N–H and O–H groups in total. The van der Waals surface area contributed by atoms with Crippen molar-refractivity contribution in [3.8, 4) is 34.0 Å². The molecule has 0 fully saturated rings. The van der Waals surface area contributed by atoms with E-state index >= 15 is 0 Å². The van der Waals surface area contributed by atoms with Gasteiger partial charge in [-0.2, -0.15) is 4.98 Å². The Bertz CT molecular complexity index is 1540. The monoisotopic (exact) mass is 472 g/mol. The van der Waals surface area contributed by atoms with Gasteiger partial charge in [0.1, 0.15) is 11.6 Å². The van der Waals surface area contributed by atoms with E-state index in [2.05, 4.69) is 9.97 Å². The maximum absolute atomic E-state index is 13.5. The van der Waals surface area contributed by atoms with Crippen molar-refractivity contribution < 1.29 is 19.0 Å². The Morgan fingerprint density at radius 3 is 2.47 bits per heavy atom. The highest BCUT2D eigenvalue weighted by atomic mass is 35.5. The third kappa shape index (κ3) is 4.23. The first-order valence-corrected chi connectivity index (χ1v) is 10.8. The van der Waals surface area contributed by atoms with E-state index in [9.17, 15) is 14.3 Å². The molecule has 0 saturated heterocycles. The van der Waals surface area contributed by atoms with Crippen LogP contribution in [-0.4, -0.2) is 21.0 Å². The van der Waals surface area contributed by atoms with E-state index in [1.54, 1.807) is 31.2 Å². The third-order valence-electron chi connectivity index (χ3n) is 5.56. The third-order valence-corrected chi connectivity index (χ3v) is 5.87. The summed E-state index contributed by atoms with van der Waals surface area (Å²) < 4.78 is 19.3. The first kappa shape index (κ1) is 21.7. The summed E-state index contributed by atoms with van der Waals surface area (Å²) in [6, 6.07) is 22.8. The minimum atomic E-state index is -1.02. The normalized spacial score (nSPS) is 11.0. The van der Waals surface area contributed by atoms with Gasteiger partial charge in [0.25, 0.3) is 6.01 Å². The van der Waals surface area contributed by atoms with Crippen LogP contribution in [0.5, 0.6) is 11.8 Å². The lowest BCUT2D eigenvalue weighted by Crippen LogP contribution is -2.00. The largest absolute Gasteiger partial charge is 0.478 e. The average molecular weight is 473 g/mol. The van der Waals surface area contributed by atoms with Crippen molar-refractivity contribution in [2.24, 2.45) is 0 Å². The molecular formula is C27H18ClFN2O3. The number of nitrogens with one attached hydrogen (secondary N) is 1. The zero-order valence-electron chi connectivity index (χ0n) is 18.0. The van der Waals surface area contributed by atoms with E-state index in [0.29, 0.717) is 27.4 Å². The van der Waals surface area contributed by atoms with E-state index in [-0.39, 0.29) is 17.4 Å². The second-order valence-corrected chi connectivity index (χ2v) is 8.27. The lowest BCUT2D eigenvalue weighted by Gasteiger charge is -2.07. The Labute approximate surface area is 199 Å². The van der Waals surface area contributed by atoms with Gasteiger partial charge in [-0.05, 0) is 65.6 Å². The number of imidazole rings is 1. The quantitative estimate of drug-likeness (QED) is 0.278. The van der Waals surface area contributed by atoms with Gasteiger partial charge >= 0.3 is 5.97 Å². The van der Waals surface area contributed by atoms with Crippen molar-refractivity contribution in [3.05, 3.63) is 101 Å². The van der Waals surface area contributed by atoms with Crippen LogP contribution in [0.1, 0.15) is 15.9 Å². The fourth-order valence-electron chi connectivity index (χ4n) is 3.79. The maximum Gasteiger partial charge on any atom is 0.336 e. The number of carbonyl (C=O) groups is 1. The number of aromatic nitrogens is 2. The van der Waals surface area contributed by atoms with Gasteiger partial charge in [0.05, 0.1) is 21.6 Å². The number of benzene rings is 4. The number of hydrogen-bond acceptors (Lipinski definition) is 3. The number of hydrogen-bond donors (Lipinski definition) is 2. The van der Waals surface area contributed by atoms with E-state index in [1.807, 2.05) is 36.4 Å². The van der Waals surface area contributed by atoms with E-state index < -0.39 is 5.97 Å². The van der Waals surface area contributed by atoms with Gasteiger partial charge in [-0.3, -0.25) is 0 Å². The fraction of sp³-hybridized carbons (Fsp3) is 0.0370. The van der Waals surface area contributed by atoms with Crippen LogP contribution in [0.15, 0.2) is 78.9 Å². The minimum Gasteiger partial charge on any atom is -0.478 e. The number of aromatic carboxylic acids is 1. The summed E-state index contributed by atoms with van der Waals surface area (Å²) in [4.78, 5) is 18.9. The minimum absolute atomic E-state index is 0.167. The van der Waals surface area contributed by atoms with Crippen LogP contribution in [-0.2, 0) is 0 Å². The predicted molar refractivity (Wildman–Crippen MR) is 130 cm³/mol. The van der Waals surface area contributed by atoms with Crippen molar-refractivity contribution in [1.29, 1.82) is 0 Å². The van der Waals surface area contributed by atoms with Crippen molar-refractivity contribution in [1.82, 2.24) is 9.97 Å². The summed E-state index contributed by atoms with van der Waals surface area (Å²) in [5.41, 5.74) is 5.54.